The topological polar surface area (TPSA) is 50.7 Å². The molecule has 0 spiro atoms. The number of aliphatic hydroxyl groups is 1. The van der Waals surface area contributed by atoms with E-state index in [0.717, 1.165) is 42.7 Å². The number of nitrogens with one attached hydrogen (secondary N) is 1. The summed E-state index contributed by atoms with van der Waals surface area (Å²) in [6.45, 7) is 5.32. The van der Waals surface area contributed by atoms with E-state index in [4.69, 9.17) is 9.47 Å². The van der Waals surface area contributed by atoms with Gasteiger partial charge in [-0.3, -0.25) is 0 Å². The second-order valence-electron chi connectivity index (χ2n) is 6.50. The summed E-state index contributed by atoms with van der Waals surface area (Å²) in [5.41, 5.74) is 0.517. The molecule has 0 amide bonds. The van der Waals surface area contributed by atoms with Crippen molar-refractivity contribution >= 4 is 0 Å². The van der Waals surface area contributed by atoms with Gasteiger partial charge < -0.3 is 19.9 Å². The van der Waals surface area contributed by atoms with Gasteiger partial charge in [0.25, 0.3) is 0 Å². The van der Waals surface area contributed by atoms with Crippen molar-refractivity contribution in [1.82, 2.24) is 5.32 Å². The fourth-order valence-electron chi connectivity index (χ4n) is 3.05. The van der Waals surface area contributed by atoms with Crippen LogP contribution in [-0.2, 0) is 6.54 Å². The third-order valence-corrected chi connectivity index (χ3v) is 4.19. The highest BCUT2D eigenvalue weighted by Gasteiger charge is 2.28. The number of hydrogen-bond acceptors (Lipinski definition) is 4. The molecule has 0 aromatic heterocycles. The Morgan fingerprint density at radius 2 is 1.95 bits per heavy atom. The molecule has 0 bridgehead atoms. The fraction of sp³-hybridized carbons (Fsp3) is 0.667. The Morgan fingerprint density at radius 3 is 2.59 bits per heavy atom. The fourth-order valence-corrected chi connectivity index (χ4v) is 3.05. The van der Waals surface area contributed by atoms with Gasteiger partial charge in [-0.25, -0.2) is 0 Å². The third kappa shape index (κ3) is 4.62. The molecule has 124 valence electrons. The van der Waals surface area contributed by atoms with Gasteiger partial charge in [-0.05, 0) is 32.8 Å². The Balaban J connectivity index is 1.99. The first-order chi connectivity index (χ1) is 10.5. The Bertz CT molecular complexity index is 467. The van der Waals surface area contributed by atoms with Crippen LogP contribution in [0.5, 0.6) is 11.5 Å². The SMILES string of the molecule is COc1cccc(CNCC2(O)CCCCC2)c1OC(C)C. The van der Waals surface area contributed by atoms with Crippen molar-refractivity contribution in [2.24, 2.45) is 0 Å². The van der Waals surface area contributed by atoms with Gasteiger partial charge in [-0.2, -0.15) is 0 Å². The van der Waals surface area contributed by atoms with Gasteiger partial charge >= 0.3 is 0 Å². The Morgan fingerprint density at radius 1 is 1.23 bits per heavy atom. The van der Waals surface area contributed by atoms with Crippen molar-refractivity contribution in [3.05, 3.63) is 23.8 Å². The average molecular weight is 307 g/mol. The van der Waals surface area contributed by atoms with Gasteiger partial charge in [0.15, 0.2) is 11.5 Å². The minimum Gasteiger partial charge on any atom is -0.493 e. The van der Waals surface area contributed by atoms with Gasteiger partial charge in [0.1, 0.15) is 0 Å². The van der Waals surface area contributed by atoms with Crippen LogP contribution in [0.4, 0.5) is 0 Å². The van der Waals surface area contributed by atoms with E-state index in [2.05, 4.69) is 5.32 Å². The van der Waals surface area contributed by atoms with E-state index >= 15 is 0 Å². The zero-order chi connectivity index (χ0) is 16.0. The smallest absolute Gasteiger partial charge is 0.166 e. The van der Waals surface area contributed by atoms with Crippen molar-refractivity contribution in [3.8, 4) is 11.5 Å². The van der Waals surface area contributed by atoms with Gasteiger partial charge in [0.05, 0.1) is 18.8 Å². The molecule has 0 atom stereocenters. The molecule has 0 saturated heterocycles. The summed E-state index contributed by atoms with van der Waals surface area (Å²) < 4.78 is 11.3. The van der Waals surface area contributed by atoms with E-state index in [9.17, 15) is 5.11 Å². The van der Waals surface area contributed by atoms with Crippen LogP contribution in [0, 0.1) is 0 Å². The summed E-state index contributed by atoms with van der Waals surface area (Å²) in [6.07, 6.45) is 5.38. The molecule has 0 unspecified atom stereocenters. The summed E-state index contributed by atoms with van der Waals surface area (Å²) in [5.74, 6) is 1.55. The van der Waals surface area contributed by atoms with Crippen LogP contribution in [0.25, 0.3) is 0 Å². The van der Waals surface area contributed by atoms with E-state index < -0.39 is 5.60 Å². The van der Waals surface area contributed by atoms with E-state index in [0.29, 0.717) is 13.1 Å². The van der Waals surface area contributed by atoms with Crippen LogP contribution < -0.4 is 14.8 Å². The van der Waals surface area contributed by atoms with Crippen molar-refractivity contribution in [2.75, 3.05) is 13.7 Å². The van der Waals surface area contributed by atoms with Crippen molar-refractivity contribution in [2.45, 2.75) is 64.2 Å². The maximum Gasteiger partial charge on any atom is 0.166 e. The lowest BCUT2D eigenvalue weighted by Gasteiger charge is -2.32. The van der Waals surface area contributed by atoms with Crippen LogP contribution >= 0.6 is 0 Å². The van der Waals surface area contributed by atoms with Gasteiger partial charge in [-0.1, -0.05) is 31.4 Å². The summed E-state index contributed by atoms with van der Waals surface area (Å²) >= 11 is 0. The first-order valence-corrected chi connectivity index (χ1v) is 8.30. The Kier molecular flexibility index (Phi) is 6.09. The first kappa shape index (κ1) is 17.1. The molecule has 0 radical (unpaired) electrons. The molecule has 0 heterocycles. The Labute approximate surface area is 133 Å². The van der Waals surface area contributed by atoms with E-state index in [-0.39, 0.29) is 6.10 Å². The van der Waals surface area contributed by atoms with Crippen molar-refractivity contribution < 1.29 is 14.6 Å². The largest absolute Gasteiger partial charge is 0.493 e. The van der Waals surface area contributed by atoms with E-state index in [1.54, 1.807) is 7.11 Å². The molecule has 1 fully saturated rings. The molecule has 4 heteroatoms. The molecule has 1 aliphatic rings. The van der Waals surface area contributed by atoms with E-state index in [1.165, 1.54) is 6.42 Å². The zero-order valence-corrected chi connectivity index (χ0v) is 14.0. The number of benzene rings is 1. The minimum absolute atomic E-state index is 0.0950. The van der Waals surface area contributed by atoms with Gasteiger partial charge in [0, 0.05) is 18.7 Å². The zero-order valence-electron chi connectivity index (χ0n) is 14.0. The number of para-hydroxylation sites is 1. The quantitative estimate of drug-likeness (QED) is 0.812. The lowest BCUT2D eigenvalue weighted by atomic mass is 9.85. The van der Waals surface area contributed by atoms with Crippen LogP contribution in [0.1, 0.15) is 51.5 Å². The number of ether oxygens (including phenoxy) is 2. The molecular formula is C18H29NO3. The second kappa shape index (κ2) is 7.84. The average Bonchev–Trinajstić information content (AvgIpc) is 2.49. The molecule has 2 N–H and O–H groups in total. The molecule has 0 aliphatic heterocycles. The normalized spacial score (nSPS) is 17.5. The maximum atomic E-state index is 10.5. The predicted octanol–water partition coefficient (Wildman–Crippen LogP) is 3.27. The summed E-state index contributed by atoms with van der Waals surface area (Å²) in [7, 11) is 1.66. The maximum absolute atomic E-state index is 10.5. The highest BCUT2D eigenvalue weighted by atomic mass is 16.5. The summed E-state index contributed by atoms with van der Waals surface area (Å²) in [5, 5.41) is 13.9. The highest BCUT2D eigenvalue weighted by Crippen LogP contribution is 2.32. The van der Waals surface area contributed by atoms with Gasteiger partial charge in [-0.15, -0.1) is 0 Å². The predicted molar refractivity (Wildman–Crippen MR) is 88.5 cm³/mol. The van der Waals surface area contributed by atoms with Gasteiger partial charge in [0.2, 0.25) is 0 Å². The first-order valence-electron chi connectivity index (χ1n) is 8.30. The third-order valence-electron chi connectivity index (χ3n) is 4.19. The summed E-state index contributed by atoms with van der Waals surface area (Å²) in [4.78, 5) is 0. The number of methoxy groups -OCH3 is 1. The van der Waals surface area contributed by atoms with Crippen LogP contribution in [-0.4, -0.2) is 30.5 Å². The van der Waals surface area contributed by atoms with Crippen LogP contribution in [0.15, 0.2) is 18.2 Å². The molecular weight excluding hydrogens is 278 g/mol. The number of hydrogen-bond donors (Lipinski definition) is 2. The van der Waals surface area contributed by atoms with Crippen LogP contribution in [0.2, 0.25) is 0 Å². The van der Waals surface area contributed by atoms with Crippen molar-refractivity contribution in [3.63, 3.8) is 0 Å². The number of rotatable bonds is 7. The molecule has 4 nitrogen and oxygen atoms in total. The van der Waals surface area contributed by atoms with Crippen LogP contribution in [0.3, 0.4) is 0 Å². The molecule has 1 aromatic rings. The Hall–Kier alpha value is -1.26. The molecule has 2 rings (SSSR count). The highest BCUT2D eigenvalue weighted by molar-refractivity contribution is 5.46. The molecule has 22 heavy (non-hydrogen) atoms. The molecule has 1 saturated carbocycles. The van der Waals surface area contributed by atoms with E-state index in [1.807, 2.05) is 32.0 Å². The lowest BCUT2D eigenvalue weighted by Crippen LogP contribution is -2.41. The molecule has 1 aromatic carbocycles. The minimum atomic E-state index is -0.545. The van der Waals surface area contributed by atoms with Crippen molar-refractivity contribution in [1.29, 1.82) is 0 Å². The summed E-state index contributed by atoms with van der Waals surface area (Å²) in [6, 6.07) is 5.92. The monoisotopic (exact) mass is 307 g/mol. The molecule has 1 aliphatic carbocycles. The second-order valence-corrected chi connectivity index (χ2v) is 6.50. The standard InChI is InChI=1S/C18H29NO3/c1-14(2)22-17-15(8-7-9-16(17)21-3)12-19-13-18(20)10-5-4-6-11-18/h7-9,14,19-20H,4-6,10-13H2,1-3H3. The lowest BCUT2D eigenvalue weighted by molar-refractivity contribution is 0.00461.